The number of likely N-dealkylation sites (N-methyl/N-ethyl adjacent to an activating group) is 1. The van der Waals surface area contributed by atoms with Gasteiger partial charge in [-0.3, -0.25) is 14.9 Å². The third-order valence-corrected chi connectivity index (χ3v) is 9.04. The number of nitrogens with one attached hydrogen (secondary N) is 3. The first-order valence-corrected chi connectivity index (χ1v) is 15.9. The predicted octanol–water partition coefficient (Wildman–Crippen LogP) is 5.17. The third-order valence-electron chi connectivity index (χ3n) is 7.88. The Labute approximate surface area is 264 Å². The van der Waals surface area contributed by atoms with Gasteiger partial charge in [-0.25, -0.2) is 14.0 Å². The normalized spacial score (nSPS) is 15.5. The molecule has 6 rings (SSSR count). The average Bonchev–Trinajstić information content (AvgIpc) is 3.73. The number of amides is 4. The van der Waals surface area contributed by atoms with E-state index < -0.39 is 5.82 Å². The quantitative estimate of drug-likeness (QED) is 0.189. The molecule has 4 amide bonds. The van der Waals surface area contributed by atoms with Crippen LogP contribution >= 0.6 is 11.3 Å². The number of ether oxygens (including phenoxy) is 1. The van der Waals surface area contributed by atoms with E-state index in [1.807, 2.05) is 18.3 Å². The second-order valence-electron chi connectivity index (χ2n) is 11.5. The van der Waals surface area contributed by atoms with Crippen LogP contribution in [0.1, 0.15) is 31.2 Å². The Morgan fingerprint density at radius 3 is 2.56 bits per heavy atom. The summed E-state index contributed by atoms with van der Waals surface area (Å²) < 4.78 is 21.7. The van der Waals surface area contributed by atoms with E-state index in [4.69, 9.17) is 14.8 Å². The summed E-state index contributed by atoms with van der Waals surface area (Å²) in [5.74, 6) is -0.0510. The molecule has 13 heteroatoms. The molecular weight excluding hydrogens is 597 g/mol. The number of urea groups is 2. The standard InChI is InChI=1S/C32H36FN7O4S/c1-39(14-15-41)32(43)38-22-9-12-40(13-10-22)19-20-2-6-25(35-18-20)29-17-26-30(45-29)28(8-11-34-26)44-27-7-5-23(16-24(27)33)37-31(42)36-21-3-4-21/h2,5-8,11,16-18,21-22,41H,3-4,9-10,12-15,19H2,1H3,(H,38,43)(H2,36,37,42). The predicted molar refractivity (Wildman–Crippen MR) is 171 cm³/mol. The van der Waals surface area contributed by atoms with Gasteiger partial charge < -0.3 is 30.7 Å². The van der Waals surface area contributed by atoms with Crippen LogP contribution in [0.15, 0.2) is 54.9 Å². The lowest BCUT2D eigenvalue weighted by molar-refractivity contribution is 0.166. The number of fused-ring (bicyclic) bond motifs is 1. The van der Waals surface area contributed by atoms with Crippen molar-refractivity contribution in [3.63, 3.8) is 0 Å². The molecule has 0 unspecified atom stereocenters. The largest absolute Gasteiger partial charge is 0.453 e. The minimum atomic E-state index is -0.585. The monoisotopic (exact) mass is 633 g/mol. The van der Waals surface area contributed by atoms with Crippen molar-refractivity contribution < 1.29 is 23.8 Å². The first-order valence-electron chi connectivity index (χ1n) is 15.1. The molecule has 4 N–H and O–H groups in total. The summed E-state index contributed by atoms with van der Waals surface area (Å²) in [5, 5.41) is 17.5. The van der Waals surface area contributed by atoms with E-state index in [0.717, 1.165) is 71.7 Å². The number of likely N-dealkylation sites (tertiary alicyclic amines) is 1. The molecule has 4 aromatic rings. The number of halogens is 1. The number of aromatic nitrogens is 2. The van der Waals surface area contributed by atoms with Gasteiger partial charge in [-0.15, -0.1) is 11.3 Å². The fraction of sp³-hybridized carbons (Fsp3) is 0.375. The molecule has 0 bridgehead atoms. The lowest BCUT2D eigenvalue weighted by atomic mass is 10.0. The highest BCUT2D eigenvalue weighted by Gasteiger charge is 2.24. The maximum Gasteiger partial charge on any atom is 0.319 e. The molecular formula is C32H36FN7O4S. The SMILES string of the molecule is CN(CCO)C(=O)NC1CCN(Cc2ccc(-c3cc4nccc(Oc5ccc(NC(=O)NC6CC6)cc5F)c4s3)nc2)CC1. The Morgan fingerprint density at radius 1 is 1.04 bits per heavy atom. The molecule has 0 atom stereocenters. The number of hydrogen-bond acceptors (Lipinski definition) is 8. The van der Waals surface area contributed by atoms with Crippen LogP contribution < -0.4 is 20.7 Å². The Balaban J connectivity index is 1.06. The number of hydrogen-bond donors (Lipinski definition) is 4. The van der Waals surface area contributed by atoms with E-state index in [-0.39, 0.29) is 36.5 Å². The highest BCUT2D eigenvalue weighted by atomic mass is 32.1. The molecule has 1 aromatic carbocycles. The van der Waals surface area contributed by atoms with E-state index in [0.29, 0.717) is 18.0 Å². The molecule has 3 aromatic heterocycles. The van der Waals surface area contributed by atoms with Gasteiger partial charge in [0.25, 0.3) is 0 Å². The number of piperidine rings is 1. The number of aliphatic hydroxyl groups is 1. The smallest absolute Gasteiger partial charge is 0.319 e. The van der Waals surface area contributed by atoms with Crippen LogP contribution in [0.4, 0.5) is 19.7 Å². The Morgan fingerprint density at radius 2 is 1.84 bits per heavy atom. The van der Waals surface area contributed by atoms with Crippen molar-refractivity contribution in [3.8, 4) is 22.1 Å². The van der Waals surface area contributed by atoms with Gasteiger partial charge in [-0.2, -0.15) is 0 Å². The van der Waals surface area contributed by atoms with Crippen LogP contribution in [0.2, 0.25) is 0 Å². The Kier molecular flexibility index (Phi) is 9.38. The Bertz CT molecular complexity index is 1660. The molecule has 2 aliphatic rings. The van der Waals surface area contributed by atoms with E-state index in [1.54, 1.807) is 25.4 Å². The summed E-state index contributed by atoms with van der Waals surface area (Å²) in [6.07, 6.45) is 7.19. The van der Waals surface area contributed by atoms with Crippen molar-refractivity contribution in [1.29, 1.82) is 0 Å². The summed E-state index contributed by atoms with van der Waals surface area (Å²) in [7, 11) is 1.68. The minimum Gasteiger partial charge on any atom is -0.453 e. The van der Waals surface area contributed by atoms with Gasteiger partial charge in [0.05, 0.1) is 27.4 Å². The van der Waals surface area contributed by atoms with E-state index >= 15 is 0 Å². The maximum absolute atomic E-state index is 14.9. The lowest BCUT2D eigenvalue weighted by Gasteiger charge is -2.33. The number of carbonyl (C=O) groups is 2. The molecule has 4 heterocycles. The van der Waals surface area contributed by atoms with Gasteiger partial charge in [-0.1, -0.05) is 6.07 Å². The second-order valence-corrected chi connectivity index (χ2v) is 12.5. The van der Waals surface area contributed by atoms with Gasteiger partial charge in [0.15, 0.2) is 11.6 Å². The van der Waals surface area contributed by atoms with Gasteiger partial charge in [0.2, 0.25) is 0 Å². The second kappa shape index (κ2) is 13.8. The minimum absolute atomic E-state index is 0.0496. The number of nitrogens with zero attached hydrogens (tertiary/aromatic N) is 4. The van der Waals surface area contributed by atoms with Crippen LogP contribution in [0.5, 0.6) is 11.5 Å². The molecule has 1 aliphatic carbocycles. The van der Waals surface area contributed by atoms with Crippen LogP contribution in [-0.2, 0) is 6.54 Å². The van der Waals surface area contributed by atoms with Gasteiger partial charge >= 0.3 is 12.1 Å². The molecule has 1 saturated carbocycles. The van der Waals surface area contributed by atoms with E-state index in [9.17, 15) is 14.0 Å². The van der Waals surface area contributed by atoms with Crippen molar-refractivity contribution in [1.82, 2.24) is 30.4 Å². The highest BCUT2D eigenvalue weighted by molar-refractivity contribution is 7.22. The summed E-state index contributed by atoms with van der Waals surface area (Å²) in [5.41, 5.74) is 2.99. The van der Waals surface area contributed by atoms with Crippen LogP contribution in [-0.4, -0.2) is 82.3 Å². The highest BCUT2D eigenvalue weighted by Crippen LogP contribution is 2.39. The zero-order valence-electron chi connectivity index (χ0n) is 25.0. The topological polar surface area (TPSA) is 132 Å². The van der Waals surface area contributed by atoms with Crippen molar-refractivity contribution in [2.45, 2.75) is 44.3 Å². The number of thiophene rings is 1. The summed E-state index contributed by atoms with van der Waals surface area (Å²) >= 11 is 1.48. The molecule has 45 heavy (non-hydrogen) atoms. The first kappa shape index (κ1) is 30.7. The van der Waals surface area contributed by atoms with Crippen LogP contribution in [0.25, 0.3) is 20.8 Å². The maximum atomic E-state index is 14.9. The van der Waals surface area contributed by atoms with Gasteiger partial charge in [0, 0.05) is 75.5 Å². The number of pyridine rings is 2. The van der Waals surface area contributed by atoms with Crippen LogP contribution in [0.3, 0.4) is 0 Å². The molecule has 1 saturated heterocycles. The molecule has 236 valence electrons. The first-order chi connectivity index (χ1) is 21.8. The van der Waals surface area contributed by atoms with Gasteiger partial charge in [-0.05, 0) is 55.5 Å². The number of aliphatic hydroxyl groups excluding tert-OH is 1. The average molecular weight is 634 g/mol. The van der Waals surface area contributed by atoms with E-state index in [1.165, 1.54) is 28.4 Å². The molecule has 1 aliphatic heterocycles. The van der Waals surface area contributed by atoms with Crippen molar-refractivity contribution in [2.24, 2.45) is 0 Å². The number of rotatable bonds is 10. The van der Waals surface area contributed by atoms with E-state index in [2.05, 4.69) is 31.9 Å². The van der Waals surface area contributed by atoms with Gasteiger partial charge in [0.1, 0.15) is 5.75 Å². The zero-order valence-corrected chi connectivity index (χ0v) is 25.8. The zero-order chi connectivity index (χ0) is 31.3. The lowest BCUT2D eigenvalue weighted by Crippen LogP contribution is -2.48. The third kappa shape index (κ3) is 7.85. The fourth-order valence-electron chi connectivity index (χ4n) is 5.18. The fourth-order valence-corrected chi connectivity index (χ4v) is 6.22. The number of anilines is 1. The summed E-state index contributed by atoms with van der Waals surface area (Å²) in [6.45, 7) is 2.78. The van der Waals surface area contributed by atoms with Crippen LogP contribution in [0, 0.1) is 5.82 Å². The number of benzene rings is 1. The Hall–Kier alpha value is -4.33. The molecule has 2 fully saturated rings. The molecule has 0 spiro atoms. The van der Waals surface area contributed by atoms with Crippen molar-refractivity contribution >= 4 is 39.3 Å². The summed E-state index contributed by atoms with van der Waals surface area (Å²) in [4.78, 5) is 38.2. The van der Waals surface area contributed by atoms with Crippen molar-refractivity contribution in [3.05, 3.63) is 66.2 Å². The number of carbonyl (C=O) groups excluding carboxylic acids is 2. The molecule has 0 radical (unpaired) electrons. The summed E-state index contributed by atoms with van der Waals surface area (Å²) in [6, 6.07) is 11.9. The van der Waals surface area contributed by atoms with Crippen molar-refractivity contribution in [2.75, 3.05) is 38.6 Å². The molecule has 11 nitrogen and oxygen atoms in total.